The van der Waals surface area contributed by atoms with Crippen LogP contribution in [0.2, 0.25) is 0 Å². The summed E-state index contributed by atoms with van der Waals surface area (Å²) < 4.78 is 11.8. The molecule has 1 fully saturated rings. The highest BCUT2D eigenvalue weighted by Gasteiger charge is 2.46. The minimum absolute atomic E-state index is 0.0992. The second-order valence-electron chi connectivity index (χ2n) is 5.89. The highest BCUT2D eigenvalue weighted by molar-refractivity contribution is 6.00. The Labute approximate surface area is 113 Å². The highest BCUT2D eigenvalue weighted by Crippen LogP contribution is 2.45. The van der Waals surface area contributed by atoms with Gasteiger partial charge in [-0.1, -0.05) is 44.2 Å². The van der Waals surface area contributed by atoms with Crippen molar-refractivity contribution in [3.8, 4) is 0 Å². The Kier molecular flexibility index (Phi) is 2.75. The van der Waals surface area contributed by atoms with Crippen molar-refractivity contribution in [2.75, 3.05) is 0 Å². The summed E-state index contributed by atoms with van der Waals surface area (Å²) in [5.41, 5.74) is 1.33. The number of allylic oxidation sites excluding steroid dienone is 1. The summed E-state index contributed by atoms with van der Waals surface area (Å²) in [5.74, 6) is 0.884. The van der Waals surface area contributed by atoms with E-state index >= 15 is 0 Å². The summed E-state index contributed by atoms with van der Waals surface area (Å²) in [6.07, 6.45) is 0.192. The molecule has 100 valence electrons. The van der Waals surface area contributed by atoms with E-state index in [4.69, 9.17) is 9.47 Å². The third-order valence-corrected chi connectivity index (χ3v) is 3.91. The average molecular weight is 258 g/mol. The number of hydrogen-bond acceptors (Lipinski definition) is 3. The van der Waals surface area contributed by atoms with Crippen molar-refractivity contribution in [3.63, 3.8) is 0 Å². The van der Waals surface area contributed by atoms with Gasteiger partial charge in [0, 0.05) is 16.6 Å². The van der Waals surface area contributed by atoms with Crippen molar-refractivity contribution >= 4 is 5.78 Å². The van der Waals surface area contributed by atoms with Crippen molar-refractivity contribution in [1.82, 2.24) is 0 Å². The number of carbonyl (C=O) groups excluding carboxylic acids is 1. The van der Waals surface area contributed by atoms with Crippen LogP contribution in [0.4, 0.5) is 0 Å². The summed E-state index contributed by atoms with van der Waals surface area (Å²) in [6, 6.07) is 9.83. The molecule has 0 aromatic heterocycles. The molecule has 3 nitrogen and oxygen atoms in total. The molecule has 19 heavy (non-hydrogen) atoms. The number of hydrogen-bond donors (Lipinski definition) is 0. The van der Waals surface area contributed by atoms with E-state index in [1.807, 2.05) is 51.1 Å². The van der Waals surface area contributed by atoms with Gasteiger partial charge in [0.05, 0.1) is 0 Å². The number of benzene rings is 1. The normalized spacial score (nSPS) is 29.1. The van der Waals surface area contributed by atoms with E-state index in [9.17, 15) is 4.79 Å². The molecule has 2 aliphatic rings. The van der Waals surface area contributed by atoms with E-state index in [-0.39, 0.29) is 17.3 Å². The van der Waals surface area contributed by atoms with Gasteiger partial charge in [0.15, 0.2) is 5.78 Å². The fourth-order valence-corrected chi connectivity index (χ4v) is 2.83. The van der Waals surface area contributed by atoms with E-state index in [1.165, 1.54) is 0 Å². The summed E-state index contributed by atoms with van der Waals surface area (Å²) >= 11 is 0. The lowest BCUT2D eigenvalue weighted by Gasteiger charge is -2.30. The maximum absolute atomic E-state index is 12.2. The Hall–Kier alpha value is -1.61. The minimum atomic E-state index is -0.391. The SMILES string of the molecule is CC1=C2O[C@@H](c3ccccc3)O[C@H]2CC(C)(C)C1=O. The van der Waals surface area contributed by atoms with Crippen LogP contribution in [-0.2, 0) is 14.3 Å². The molecule has 1 aromatic rings. The van der Waals surface area contributed by atoms with Crippen LogP contribution in [-0.4, -0.2) is 11.9 Å². The van der Waals surface area contributed by atoms with E-state index in [0.717, 1.165) is 11.3 Å². The molecule has 0 bridgehead atoms. The summed E-state index contributed by atoms with van der Waals surface area (Å²) in [5, 5.41) is 0. The van der Waals surface area contributed by atoms with Crippen LogP contribution in [0.3, 0.4) is 0 Å². The lowest BCUT2D eigenvalue weighted by atomic mass is 9.74. The van der Waals surface area contributed by atoms with Crippen LogP contribution in [0, 0.1) is 5.41 Å². The molecule has 1 aromatic carbocycles. The highest BCUT2D eigenvalue weighted by atomic mass is 16.7. The first-order valence-corrected chi connectivity index (χ1v) is 6.62. The van der Waals surface area contributed by atoms with Crippen LogP contribution >= 0.6 is 0 Å². The molecule has 0 amide bonds. The third kappa shape index (κ3) is 1.98. The first kappa shape index (κ1) is 12.4. The molecule has 1 aliphatic carbocycles. The molecular formula is C16H18O3. The van der Waals surface area contributed by atoms with Crippen molar-refractivity contribution in [2.45, 2.75) is 39.6 Å². The quantitative estimate of drug-likeness (QED) is 0.774. The van der Waals surface area contributed by atoms with Crippen molar-refractivity contribution in [2.24, 2.45) is 5.41 Å². The average Bonchev–Trinajstić information content (AvgIpc) is 2.80. The first-order valence-electron chi connectivity index (χ1n) is 6.62. The molecular weight excluding hydrogens is 240 g/mol. The van der Waals surface area contributed by atoms with Gasteiger partial charge < -0.3 is 9.47 Å². The Bertz CT molecular complexity index is 542. The topological polar surface area (TPSA) is 35.5 Å². The number of rotatable bonds is 1. The van der Waals surface area contributed by atoms with Gasteiger partial charge in [-0.25, -0.2) is 0 Å². The molecule has 1 aliphatic heterocycles. The molecule has 3 rings (SSSR count). The molecule has 2 atom stereocenters. The third-order valence-electron chi connectivity index (χ3n) is 3.91. The van der Waals surface area contributed by atoms with Crippen molar-refractivity contribution in [1.29, 1.82) is 0 Å². The molecule has 1 saturated heterocycles. The van der Waals surface area contributed by atoms with Crippen LogP contribution in [0.1, 0.15) is 39.0 Å². The van der Waals surface area contributed by atoms with Gasteiger partial charge in [-0.05, 0) is 13.3 Å². The number of ketones is 1. The van der Waals surface area contributed by atoms with E-state index in [0.29, 0.717) is 12.0 Å². The van der Waals surface area contributed by atoms with Crippen LogP contribution in [0.25, 0.3) is 0 Å². The fraction of sp³-hybridized carbons (Fsp3) is 0.438. The van der Waals surface area contributed by atoms with Gasteiger partial charge >= 0.3 is 0 Å². The van der Waals surface area contributed by atoms with Gasteiger partial charge in [0.1, 0.15) is 11.9 Å². The van der Waals surface area contributed by atoms with Gasteiger partial charge in [0.25, 0.3) is 0 Å². The van der Waals surface area contributed by atoms with Gasteiger partial charge in [-0.15, -0.1) is 0 Å². The van der Waals surface area contributed by atoms with Gasteiger partial charge in [0.2, 0.25) is 6.29 Å². The summed E-state index contributed by atoms with van der Waals surface area (Å²) in [4.78, 5) is 12.2. The number of fused-ring (bicyclic) bond motifs is 1. The molecule has 0 radical (unpaired) electrons. The molecule has 0 unspecified atom stereocenters. The van der Waals surface area contributed by atoms with Gasteiger partial charge in [-0.3, -0.25) is 4.79 Å². The first-order chi connectivity index (χ1) is 8.99. The Morgan fingerprint density at radius 2 is 1.89 bits per heavy atom. The van der Waals surface area contributed by atoms with E-state index in [2.05, 4.69) is 0 Å². The van der Waals surface area contributed by atoms with Crippen molar-refractivity contribution < 1.29 is 14.3 Å². The Morgan fingerprint density at radius 1 is 1.21 bits per heavy atom. The molecule has 3 heteroatoms. The smallest absolute Gasteiger partial charge is 0.227 e. The Morgan fingerprint density at radius 3 is 2.58 bits per heavy atom. The minimum Gasteiger partial charge on any atom is -0.462 e. The number of ether oxygens (including phenoxy) is 2. The lowest BCUT2D eigenvalue weighted by molar-refractivity contribution is -0.126. The lowest BCUT2D eigenvalue weighted by Crippen LogP contribution is -2.35. The van der Waals surface area contributed by atoms with E-state index < -0.39 is 6.29 Å². The predicted octanol–water partition coefficient (Wildman–Crippen LogP) is 3.37. The number of Topliss-reactive ketones (excluding diaryl/α,β-unsaturated/α-hetero) is 1. The van der Waals surface area contributed by atoms with Crippen LogP contribution < -0.4 is 0 Å². The summed E-state index contributed by atoms with van der Waals surface area (Å²) in [7, 11) is 0. The zero-order chi connectivity index (χ0) is 13.6. The maximum atomic E-state index is 12.2. The standard InChI is InChI=1S/C16H18O3/c1-10-13-12(9-16(2,3)14(10)17)18-15(19-13)11-7-5-4-6-8-11/h4-8,12,15H,9H2,1-3H3/t12-,15-/m0/s1. The molecule has 1 heterocycles. The monoisotopic (exact) mass is 258 g/mol. The zero-order valence-electron chi connectivity index (χ0n) is 11.5. The zero-order valence-corrected chi connectivity index (χ0v) is 11.5. The summed E-state index contributed by atoms with van der Waals surface area (Å²) in [6.45, 7) is 5.77. The molecule has 0 saturated carbocycles. The van der Waals surface area contributed by atoms with E-state index in [1.54, 1.807) is 0 Å². The molecule has 0 N–H and O–H groups in total. The number of carbonyl (C=O) groups is 1. The second kappa shape index (κ2) is 4.20. The van der Waals surface area contributed by atoms with Crippen LogP contribution in [0.15, 0.2) is 41.7 Å². The van der Waals surface area contributed by atoms with Crippen LogP contribution in [0.5, 0.6) is 0 Å². The molecule has 0 spiro atoms. The largest absolute Gasteiger partial charge is 0.462 e. The van der Waals surface area contributed by atoms with Crippen molar-refractivity contribution in [3.05, 3.63) is 47.2 Å². The fourth-order valence-electron chi connectivity index (χ4n) is 2.83. The Balaban J connectivity index is 1.92. The second-order valence-corrected chi connectivity index (χ2v) is 5.89. The maximum Gasteiger partial charge on any atom is 0.227 e. The van der Waals surface area contributed by atoms with Gasteiger partial charge in [-0.2, -0.15) is 0 Å². The predicted molar refractivity (Wildman–Crippen MR) is 71.2 cm³/mol.